The molecule has 0 aliphatic carbocycles. The lowest BCUT2D eigenvalue weighted by Crippen LogP contribution is -2.27. The molecule has 6 heteroatoms. The summed E-state index contributed by atoms with van der Waals surface area (Å²) >= 11 is 1.61. The smallest absolute Gasteiger partial charge is 0.274 e. The summed E-state index contributed by atoms with van der Waals surface area (Å²) in [4.78, 5) is 15.7. The number of fused-ring (bicyclic) bond motifs is 3. The summed E-state index contributed by atoms with van der Waals surface area (Å²) in [6, 6.07) is 14.6. The van der Waals surface area contributed by atoms with Crippen LogP contribution in [0.3, 0.4) is 0 Å². The summed E-state index contributed by atoms with van der Waals surface area (Å²) in [5, 5.41) is 4.47. The number of carbonyl (C=O) groups excluding carboxylic acids is 1. The van der Waals surface area contributed by atoms with Crippen LogP contribution in [0.25, 0.3) is 11.3 Å². The first-order chi connectivity index (χ1) is 12.5. The normalized spacial score (nSPS) is 12.4. The average molecular weight is 367 g/mol. The Balaban J connectivity index is 1.69. The maximum Gasteiger partial charge on any atom is 0.274 e. The van der Waals surface area contributed by atoms with Gasteiger partial charge in [-0.25, -0.2) is 4.39 Å². The van der Waals surface area contributed by atoms with Crippen molar-refractivity contribution in [3.05, 3.63) is 71.2 Å². The second-order valence-corrected chi connectivity index (χ2v) is 7.39. The lowest BCUT2D eigenvalue weighted by Gasteiger charge is -2.19. The fraction of sp³-hybridized carbons (Fsp3) is 0.200. The third-order valence-electron chi connectivity index (χ3n) is 4.53. The number of amides is 1. The Morgan fingerprint density at radius 1 is 1.27 bits per heavy atom. The zero-order chi connectivity index (χ0) is 18.3. The molecule has 0 bridgehead atoms. The number of hydrogen-bond acceptors (Lipinski definition) is 3. The first-order valence-corrected chi connectivity index (χ1v) is 9.31. The predicted octanol–water partition coefficient (Wildman–Crippen LogP) is 4.10. The fourth-order valence-corrected chi connectivity index (χ4v) is 4.33. The standard InChI is InChI=1S/C20H18FN3OS/c1-23(11-13-6-4-3-5-7-13)20(25)18-16-12-26-17-9-8-14(21)10-15(17)19(16)24(2)22-18/h3-10H,11-12H2,1-2H3. The summed E-state index contributed by atoms with van der Waals surface area (Å²) in [5.74, 6) is 0.251. The molecule has 2 aromatic carbocycles. The minimum atomic E-state index is -0.285. The van der Waals surface area contributed by atoms with Crippen molar-refractivity contribution >= 4 is 17.7 Å². The molecular formula is C20H18FN3OS. The van der Waals surface area contributed by atoms with Gasteiger partial charge in [0.25, 0.3) is 5.91 Å². The van der Waals surface area contributed by atoms with Crippen LogP contribution in [0.2, 0.25) is 0 Å². The average Bonchev–Trinajstić information content (AvgIpc) is 2.99. The third kappa shape index (κ3) is 2.90. The lowest BCUT2D eigenvalue weighted by atomic mass is 10.1. The van der Waals surface area contributed by atoms with Gasteiger partial charge in [-0.3, -0.25) is 9.48 Å². The maximum atomic E-state index is 13.7. The third-order valence-corrected chi connectivity index (χ3v) is 5.63. The molecule has 0 saturated heterocycles. The molecule has 1 aliphatic rings. The van der Waals surface area contributed by atoms with Crippen LogP contribution in [-0.4, -0.2) is 27.6 Å². The minimum Gasteiger partial charge on any atom is -0.336 e. The van der Waals surface area contributed by atoms with Crippen LogP contribution in [0.4, 0.5) is 4.39 Å². The van der Waals surface area contributed by atoms with Crippen molar-refractivity contribution in [3.8, 4) is 11.3 Å². The van der Waals surface area contributed by atoms with E-state index in [2.05, 4.69) is 5.10 Å². The topological polar surface area (TPSA) is 38.1 Å². The van der Waals surface area contributed by atoms with Gasteiger partial charge >= 0.3 is 0 Å². The summed E-state index contributed by atoms with van der Waals surface area (Å²) in [5.41, 5.74) is 4.02. The number of carbonyl (C=O) groups is 1. The van der Waals surface area contributed by atoms with E-state index in [0.29, 0.717) is 18.0 Å². The molecule has 1 amide bonds. The highest BCUT2D eigenvalue weighted by Crippen LogP contribution is 2.42. The second kappa shape index (κ2) is 6.61. The number of rotatable bonds is 3. The molecule has 26 heavy (non-hydrogen) atoms. The largest absolute Gasteiger partial charge is 0.336 e. The molecule has 4 rings (SSSR count). The van der Waals surface area contributed by atoms with E-state index in [9.17, 15) is 9.18 Å². The molecular weight excluding hydrogens is 349 g/mol. The number of aromatic nitrogens is 2. The number of aryl methyl sites for hydroxylation is 1. The highest BCUT2D eigenvalue weighted by molar-refractivity contribution is 7.98. The molecule has 0 radical (unpaired) electrons. The van der Waals surface area contributed by atoms with Crippen LogP contribution in [0.15, 0.2) is 53.4 Å². The van der Waals surface area contributed by atoms with Crippen molar-refractivity contribution in [3.63, 3.8) is 0 Å². The lowest BCUT2D eigenvalue weighted by molar-refractivity contribution is 0.0777. The van der Waals surface area contributed by atoms with E-state index in [4.69, 9.17) is 0 Å². The Bertz CT molecular complexity index is 984. The molecule has 0 fully saturated rings. The molecule has 3 aromatic rings. The van der Waals surface area contributed by atoms with Gasteiger partial charge < -0.3 is 4.90 Å². The predicted molar refractivity (Wildman–Crippen MR) is 100 cm³/mol. The molecule has 2 heterocycles. The van der Waals surface area contributed by atoms with Gasteiger partial charge in [-0.05, 0) is 23.8 Å². The van der Waals surface area contributed by atoms with Crippen molar-refractivity contribution in [2.45, 2.75) is 17.2 Å². The van der Waals surface area contributed by atoms with Crippen molar-refractivity contribution in [2.75, 3.05) is 7.05 Å². The van der Waals surface area contributed by atoms with E-state index in [1.54, 1.807) is 41.5 Å². The summed E-state index contributed by atoms with van der Waals surface area (Å²) in [7, 11) is 3.58. The quantitative estimate of drug-likeness (QED) is 0.699. The minimum absolute atomic E-state index is 0.119. The van der Waals surface area contributed by atoms with Crippen molar-refractivity contribution in [2.24, 2.45) is 7.05 Å². The Morgan fingerprint density at radius 3 is 2.81 bits per heavy atom. The molecule has 1 aromatic heterocycles. The number of halogens is 1. The zero-order valence-corrected chi connectivity index (χ0v) is 15.4. The van der Waals surface area contributed by atoms with Gasteiger partial charge in [0.1, 0.15) is 5.82 Å². The van der Waals surface area contributed by atoms with E-state index in [0.717, 1.165) is 27.3 Å². The van der Waals surface area contributed by atoms with Crippen LogP contribution in [0.1, 0.15) is 21.6 Å². The number of benzene rings is 2. The van der Waals surface area contributed by atoms with Crippen molar-refractivity contribution < 1.29 is 9.18 Å². The first kappa shape index (κ1) is 16.8. The van der Waals surface area contributed by atoms with Gasteiger partial charge in [0.2, 0.25) is 0 Å². The van der Waals surface area contributed by atoms with Crippen LogP contribution in [0, 0.1) is 5.82 Å². The van der Waals surface area contributed by atoms with Crippen LogP contribution >= 0.6 is 11.8 Å². The molecule has 132 valence electrons. The zero-order valence-electron chi connectivity index (χ0n) is 14.6. The molecule has 0 saturated carbocycles. The van der Waals surface area contributed by atoms with E-state index in [1.165, 1.54) is 12.1 Å². The summed E-state index contributed by atoms with van der Waals surface area (Å²) < 4.78 is 15.4. The monoisotopic (exact) mass is 367 g/mol. The van der Waals surface area contributed by atoms with Crippen molar-refractivity contribution in [1.29, 1.82) is 0 Å². The summed E-state index contributed by atoms with van der Waals surface area (Å²) in [6.45, 7) is 0.517. The van der Waals surface area contributed by atoms with E-state index in [1.807, 2.05) is 30.3 Å². The second-order valence-electron chi connectivity index (χ2n) is 6.38. The van der Waals surface area contributed by atoms with Gasteiger partial charge in [0.15, 0.2) is 5.69 Å². The molecule has 0 N–H and O–H groups in total. The van der Waals surface area contributed by atoms with Gasteiger partial charge in [-0.1, -0.05) is 30.3 Å². The Kier molecular flexibility index (Phi) is 4.28. The van der Waals surface area contributed by atoms with E-state index < -0.39 is 0 Å². The first-order valence-electron chi connectivity index (χ1n) is 8.32. The van der Waals surface area contributed by atoms with Crippen LogP contribution in [0.5, 0.6) is 0 Å². The van der Waals surface area contributed by atoms with E-state index >= 15 is 0 Å². The molecule has 0 atom stereocenters. The SMILES string of the molecule is CN(Cc1ccccc1)C(=O)c1nn(C)c2c1CSc1ccc(F)cc1-2. The summed E-state index contributed by atoms with van der Waals surface area (Å²) in [6.07, 6.45) is 0. The van der Waals surface area contributed by atoms with Crippen LogP contribution in [-0.2, 0) is 19.3 Å². The van der Waals surface area contributed by atoms with Gasteiger partial charge in [0, 0.05) is 42.4 Å². The van der Waals surface area contributed by atoms with Crippen molar-refractivity contribution in [1.82, 2.24) is 14.7 Å². The Labute approximate surface area is 155 Å². The molecule has 0 unspecified atom stereocenters. The molecule has 4 nitrogen and oxygen atoms in total. The number of hydrogen-bond donors (Lipinski definition) is 0. The van der Waals surface area contributed by atoms with Crippen LogP contribution < -0.4 is 0 Å². The van der Waals surface area contributed by atoms with Gasteiger partial charge in [-0.2, -0.15) is 5.10 Å². The van der Waals surface area contributed by atoms with Gasteiger partial charge in [-0.15, -0.1) is 11.8 Å². The highest BCUT2D eigenvalue weighted by Gasteiger charge is 2.29. The molecule has 0 spiro atoms. The maximum absolute atomic E-state index is 13.7. The number of nitrogens with zero attached hydrogens (tertiary/aromatic N) is 3. The Morgan fingerprint density at radius 2 is 2.04 bits per heavy atom. The number of thioether (sulfide) groups is 1. The van der Waals surface area contributed by atoms with E-state index in [-0.39, 0.29) is 11.7 Å². The fourth-order valence-electron chi connectivity index (χ4n) is 3.29. The highest BCUT2D eigenvalue weighted by atomic mass is 32.2. The van der Waals surface area contributed by atoms with Gasteiger partial charge in [0.05, 0.1) is 5.69 Å². The Hall–Kier alpha value is -2.60. The molecule has 1 aliphatic heterocycles.